The van der Waals surface area contributed by atoms with Gasteiger partial charge in [0.25, 0.3) is 11.8 Å². The second kappa shape index (κ2) is 9.36. The third-order valence-corrected chi connectivity index (χ3v) is 4.04. The first-order valence-corrected chi connectivity index (χ1v) is 9.04. The molecule has 0 aliphatic heterocycles. The molecule has 1 heterocycles. The number of carbonyl (C=O) groups excluding carboxylic acids is 2. The van der Waals surface area contributed by atoms with Gasteiger partial charge in [-0.15, -0.1) is 0 Å². The average Bonchev–Trinajstić information content (AvgIpc) is 2.75. The Morgan fingerprint density at radius 1 is 0.931 bits per heavy atom. The summed E-state index contributed by atoms with van der Waals surface area (Å²) in [7, 11) is 1.53. The number of nitrogens with zero attached hydrogens (tertiary/aromatic N) is 1. The van der Waals surface area contributed by atoms with E-state index in [4.69, 9.17) is 9.47 Å². The molecule has 2 N–H and O–H groups in total. The normalized spacial score (nSPS) is 10.1. The fourth-order valence-corrected chi connectivity index (χ4v) is 2.64. The summed E-state index contributed by atoms with van der Waals surface area (Å²) < 4.78 is 10.6. The van der Waals surface area contributed by atoms with Crippen LogP contribution in [0.15, 0.2) is 67.0 Å². The van der Waals surface area contributed by atoms with E-state index in [1.807, 2.05) is 13.0 Å². The van der Waals surface area contributed by atoms with Crippen LogP contribution in [0.25, 0.3) is 0 Å². The molecule has 0 aliphatic carbocycles. The third-order valence-electron chi connectivity index (χ3n) is 4.04. The average molecular weight is 391 g/mol. The van der Waals surface area contributed by atoms with Crippen LogP contribution in [0.1, 0.15) is 27.6 Å². The number of pyridine rings is 1. The molecule has 7 nitrogen and oxygen atoms in total. The second-order valence-corrected chi connectivity index (χ2v) is 6.03. The zero-order chi connectivity index (χ0) is 20.6. The van der Waals surface area contributed by atoms with Gasteiger partial charge in [0.15, 0.2) is 0 Å². The van der Waals surface area contributed by atoms with Gasteiger partial charge in [0.05, 0.1) is 30.5 Å². The summed E-state index contributed by atoms with van der Waals surface area (Å²) in [5.74, 6) is 0.506. The number of benzene rings is 2. The predicted molar refractivity (Wildman–Crippen MR) is 111 cm³/mol. The van der Waals surface area contributed by atoms with E-state index in [1.165, 1.54) is 25.6 Å². The van der Waals surface area contributed by atoms with E-state index in [9.17, 15) is 9.59 Å². The molecule has 0 fully saturated rings. The number of carbonyl (C=O) groups is 2. The number of hydrogen-bond donors (Lipinski definition) is 2. The van der Waals surface area contributed by atoms with E-state index in [0.29, 0.717) is 23.7 Å². The van der Waals surface area contributed by atoms with Crippen molar-refractivity contribution in [3.8, 4) is 11.5 Å². The number of para-hydroxylation sites is 2. The second-order valence-electron chi connectivity index (χ2n) is 6.03. The Hall–Kier alpha value is -3.87. The van der Waals surface area contributed by atoms with Crippen molar-refractivity contribution in [3.05, 3.63) is 78.1 Å². The smallest absolute Gasteiger partial charge is 0.257 e. The summed E-state index contributed by atoms with van der Waals surface area (Å²) in [5.41, 5.74) is 1.67. The number of ether oxygens (including phenoxy) is 2. The first-order valence-electron chi connectivity index (χ1n) is 9.04. The molecule has 1 aromatic heterocycles. The number of amides is 2. The lowest BCUT2D eigenvalue weighted by Gasteiger charge is -2.10. The van der Waals surface area contributed by atoms with Crippen molar-refractivity contribution < 1.29 is 19.1 Å². The largest absolute Gasteiger partial charge is 0.495 e. The molecule has 0 unspecified atom stereocenters. The maximum atomic E-state index is 12.6. The Kier molecular flexibility index (Phi) is 6.42. The number of rotatable bonds is 7. The van der Waals surface area contributed by atoms with Crippen LogP contribution < -0.4 is 20.1 Å². The van der Waals surface area contributed by atoms with E-state index in [-0.39, 0.29) is 17.0 Å². The van der Waals surface area contributed by atoms with Crippen LogP contribution in [0.5, 0.6) is 11.5 Å². The van der Waals surface area contributed by atoms with E-state index in [2.05, 4.69) is 15.6 Å². The molecule has 2 aromatic carbocycles. The van der Waals surface area contributed by atoms with Crippen LogP contribution in [-0.4, -0.2) is 30.5 Å². The van der Waals surface area contributed by atoms with Crippen LogP contribution in [-0.2, 0) is 0 Å². The van der Waals surface area contributed by atoms with Crippen LogP contribution >= 0.6 is 0 Å². The molecule has 7 heteroatoms. The van der Waals surface area contributed by atoms with Crippen molar-refractivity contribution in [2.75, 3.05) is 24.4 Å². The first kappa shape index (κ1) is 19.9. The van der Waals surface area contributed by atoms with E-state index >= 15 is 0 Å². The summed E-state index contributed by atoms with van der Waals surface area (Å²) >= 11 is 0. The minimum atomic E-state index is -0.391. The standard InChI is InChI=1S/C22H21N3O4/c1-3-29-18-10-8-17(9-11-18)24-21(26)15-12-16(14-23-13-15)22(27)25-19-6-4-5-7-20(19)28-2/h4-14H,3H2,1-2H3,(H,24,26)(H,25,27). The summed E-state index contributed by atoms with van der Waals surface area (Å²) in [6, 6.07) is 15.6. The van der Waals surface area contributed by atoms with Gasteiger partial charge in [-0.25, -0.2) is 0 Å². The summed E-state index contributed by atoms with van der Waals surface area (Å²) in [4.78, 5) is 29.1. The van der Waals surface area contributed by atoms with Gasteiger partial charge in [-0.3, -0.25) is 14.6 Å². The van der Waals surface area contributed by atoms with E-state index in [1.54, 1.807) is 42.5 Å². The lowest BCUT2D eigenvalue weighted by Crippen LogP contribution is -2.16. The Labute approximate surface area is 168 Å². The van der Waals surface area contributed by atoms with Crippen molar-refractivity contribution in [3.63, 3.8) is 0 Å². The molecule has 29 heavy (non-hydrogen) atoms. The van der Waals surface area contributed by atoms with Crippen molar-refractivity contribution in [2.24, 2.45) is 0 Å². The highest BCUT2D eigenvalue weighted by molar-refractivity contribution is 6.08. The van der Waals surface area contributed by atoms with Gasteiger partial charge >= 0.3 is 0 Å². The van der Waals surface area contributed by atoms with Crippen molar-refractivity contribution >= 4 is 23.2 Å². The molecule has 2 amide bonds. The quantitative estimate of drug-likeness (QED) is 0.636. The number of hydrogen-bond acceptors (Lipinski definition) is 5. The summed E-state index contributed by atoms with van der Waals surface area (Å²) in [6.07, 6.45) is 2.81. The Morgan fingerprint density at radius 2 is 1.59 bits per heavy atom. The van der Waals surface area contributed by atoms with Gasteiger partial charge in [0.2, 0.25) is 0 Å². The number of methoxy groups -OCH3 is 1. The Morgan fingerprint density at radius 3 is 2.24 bits per heavy atom. The molecule has 0 aliphatic rings. The fourth-order valence-electron chi connectivity index (χ4n) is 2.64. The molecule has 0 spiro atoms. The molecule has 3 rings (SSSR count). The molecule has 0 saturated carbocycles. The summed E-state index contributed by atoms with van der Waals surface area (Å²) in [6.45, 7) is 2.47. The molecule has 0 radical (unpaired) electrons. The third kappa shape index (κ3) is 5.10. The van der Waals surface area contributed by atoms with Gasteiger partial charge in [-0.05, 0) is 49.4 Å². The molecule has 148 valence electrons. The van der Waals surface area contributed by atoms with Crippen LogP contribution in [0.2, 0.25) is 0 Å². The molecule has 3 aromatic rings. The number of anilines is 2. The Balaban J connectivity index is 1.71. The predicted octanol–water partition coefficient (Wildman–Crippen LogP) is 3.99. The lowest BCUT2D eigenvalue weighted by molar-refractivity contribution is 0.102. The van der Waals surface area contributed by atoms with Gasteiger partial charge in [-0.2, -0.15) is 0 Å². The highest BCUT2D eigenvalue weighted by atomic mass is 16.5. The first-order chi connectivity index (χ1) is 14.1. The minimum absolute atomic E-state index is 0.259. The lowest BCUT2D eigenvalue weighted by atomic mass is 10.1. The van der Waals surface area contributed by atoms with Gasteiger partial charge < -0.3 is 20.1 Å². The molecule has 0 bridgehead atoms. The maximum Gasteiger partial charge on any atom is 0.257 e. The van der Waals surface area contributed by atoms with Crippen molar-refractivity contribution in [2.45, 2.75) is 6.92 Å². The molecule has 0 atom stereocenters. The molecular formula is C22H21N3O4. The SMILES string of the molecule is CCOc1ccc(NC(=O)c2cncc(C(=O)Nc3ccccc3OC)c2)cc1. The zero-order valence-electron chi connectivity index (χ0n) is 16.1. The Bertz CT molecular complexity index is 1000. The van der Waals surface area contributed by atoms with E-state index < -0.39 is 5.91 Å². The van der Waals surface area contributed by atoms with Crippen LogP contribution in [0, 0.1) is 0 Å². The maximum absolute atomic E-state index is 12.6. The van der Waals surface area contributed by atoms with Gasteiger partial charge in [0.1, 0.15) is 11.5 Å². The van der Waals surface area contributed by atoms with Crippen LogP contribution in [0.4, 0.5) is 11.4 Å². The van der Waals surface area contributed by atoms with Gasteiger partial charge in [-0.1, -0.05) is 12.1 Å². The van der Waals surface area contributed by atoms with Crippen molar-refractivity contribution in [1.29, 1.82) is 0 Å². The zero-order valence-corrected chi connectivity index (χ0v) is 16.1. The fraction of sp³-hybridized carbons (Fsp3) is 0.136. The molecule has 0 saturated heterocycles. The number of aromatic nitrogens is 1. The number of nitrogens with one attached hydrogen (secondary N) is 2. The topological polar surface area (TPSA) is 89.5 Å². The minimum Gasteiger partial charge on any atom is -0.495 e. The van der Waals surface area contributed by atoms with E-state index in [0.717, 1.165) is 5.75 Å². The highest BCUT2D eigenvalue weighted by Gasteiger charge is 2.13. The monoisotopic (exact) mass is 391 g/mol. The highest BCUT2D eigenvalue weighted by Crippen LogP contribution is 2.23. The van der Waals surface area contributed by atoms with Gasteiger partial charge in [0, 0.05) is 18.1 Å². The summed E-state index contributed by atoms with van der Waals surface area (Å²) in [5, 5.41) is 5.54. The molecular weight excluding hydrogens is 370 g/mol. The van der Waals surface area contributed by atoms with Crippen molar-refractivity contribution in [1.82, 2.24) is 4.98 Å². The van der Waals surface area contributed by atoms with Crippen LogP contribution in [0.3, 0.4) is 0 Å².